The van der Waals surface area contributed by atoms with Gasteiger partial charge >= 0.3 is 12.0 Å². The molecule has 3 amide bonds. The second-order valence-electron chi connectivity index (χ2n) is 6.59. The molecule has 1 aliphatic heterocycles. The van der Waals surface area contributed by atoms with Crippen LogP contribution >= 0.6 is 27.5 Å². The van der Waals surface area contributed by atoms with Gasteiger partial charge in [0.15, 0.2) is 6.61 Å². The highest BCUT2D eigenvalue weighted by molar-refractivity contribution is 9.10. The van der Waals surface area contributed by atoms with Gasteiger partial charge in [0, 0.05) is 16.4 Å². The van der Waals surface area contributed by atoms with Crippen molar-refractivity contribution in [1.82, 2.24) is 10.6 Å². The standard InChI is InChI=1S/C21H19BrClN3O5/c1-11-18(20(28)25-14-5-3-4-13(23)9-14)19(26-21(29)24-11)12-6-7-16(15(22)8-12)31-10-17(27)30-2/h3-9,19H,10H2,1-2H3,(H,25,28)(H2,24,26,29)/t19-/m0/s1. The van der Waals surface area contributed by atoms with Crippen LogP contribution in [0.4, 0.5) is 10.5 Å². The summed E-state index contributed by atoms with van der Waals surface area (Å²) in [5, 5.41) is 8.68. The molecular formula is C21H19BrClN3O5. The van der Waals surface area contributed by atoms with Crippen molar-refractivity contribution in [3.63, 3.8) is 0 Å². The molecule has 1 heterocycles. The Kier molecular flexibility index (Phi) is 7.19. The zero-order valence-electron chi connectivity index (χ0n) is 16.6. The molecule has 0 aromatic heterocycles. The molecule has 0 fully saturated rings. The number of urea groups is 1. The van der Waals surface area contributed by atoms with E-state index >= 15 is 0 Å². The third-order valence-corrected chi connectivity index (χ3v) is 5.31. The second-order valence-corrected chi connectivity index (χ2v) is 7.88. The number of ether oxygens (including phenoxy) is 2. The monoisotopic (exact) mass is 507 g/mol. The summed E-state index contributed by atoms with van der Waals surface area (Å²) in [4.78, 5) is 36.4. The van der Waals surface area contributed by atoms with E-state index < -0.39 is 18.0 Å². The van der Waals surface area contributed by atoms with Crippen LogP contribution in [0.1, 0.15) is 18.5 Å². The molecule has 10 heteroatoms. The molecule has 3 N–H and O–H groups in total. The first kappa shape index (κ1) is 22.6. The maximum absolute atomic E-state index is 13.1. The van der Waals surface area contributed by atoms with Crippen molar-refractivity contribution in [2.75, 3.05) is 19.0 Å². The number of hydrogen-bond donors (Lipinski definition) is 3. The Morgan fingerprint density at radius 1 is 1.23 bits per heavy atom. The van der Waals surface area contributed by atoms with Gasteiger partial charge in [0.25, 0.3) is 5.91 Å². The van der Waals surface area contributed by atoms with Crippen LogP contribution in [0.2, 0.25) is 5.02 Å². The normalized spacial score (nSPS) is 15.6. The van der Waals surface area contributed by atoms with Crippen molar-refractivity contribution in [1.29, 1.82) is 0 Å². The van der Waals surface area contributed by atoms with Gasteiger partial charge in [-0.3, -0.25) is 4.79 Å². The molecule has 31 heavy (non-hydrogen) atoms. The number of amides is 3. The lowest BCUT2D eigenvalue weighted by Gasteiger charge is -2.29. The lowest BCUT2D eigenvalue weighted by molar-refractivity contribution is -0.142. The van der Waals surface area contributed by atoms with Gasteiger partial charge in [-0.05, 0) is 58.7 Å². The van der Waals surface area contributed by atoms with Crippen LogP contribution in [0.25, 0.3) is 0 Å². The lowest BCUT2D eigenvalue weighted by Crippen LogP contribution is -2.46. The van der Waals surface area contributed by atoms with E-state index in [2.05, 4.69) is 36.6 Å². The fraction of sp³-hybridized carbons (Fsp3) is 0.190. The molecule has 1 atom stereocenters. The SMILES string of the molecule is COC(=O)COc1ccc([C@@H]2NC(=O)NC(C)=C2C(=O)Nc2cccc(Cl)c2)cc1Br. The minimum atomic E-state index is -0.709. The molecule has 2 aromatic rings. The quantitative estimate of drug-likeness (QED) is 0.513. The van der Waals surface area contributed by atoms with Gasteiger partial charge in [0.1, 0.15) is 5.75 Å². The summed E-state index contributed by atoms with van der Waals surface area (Å²) >= 11 is 9.39. The van der Waals surface area contributed by atoms with Gasteiger partial charge in [-0.25, -0.2) is 9.59 Å². The minimum Gasteiger partial charge on any atom is -0.481 e. The van der Waals surface area contributed by atoms with Gasteiger partial charge in [0.2, 0.25) is 0 Å². The second kappa shape index (κ2) is 9.84. The van der Waals surface area contributed by atoms with Crippen LogP contribution in [0, 0.1) is 0 Å². The van der Waals surface area contributed by atoms with Crippen LogP contribution in [0.15, 0.2) is 58.2 Å². The van der Waals surface area contributed by atoms with E-state index in [9.17, 15) is 14.4 Å². The highest BCUT2D eigenvalue weighted by Gasteiger charge is 2.31. The summed E-state index contributed by atoms with van der Waals surface area (Å²) in [6.45, 7) is 1.41. The average molecular weight is 509 g/mol. The summed E-state index contributed by atoms with van der Waals surface area (Å²) in [5.74, 6) is -0.487. The number of allylic oxidation sites excluding steroid dienone is 1. The highest BCUT2D eigenvalue weighted by Crippen LogP contribution is 2.33. The van der Waals surface area contributed by atoms with Crippen LogP contribution < -0.4 is 20.7 Å². The van der Waals surface area contributed by atoms with Crippen molar-refractivity contribution in [3.8, 4) is 5.75 Å². The summed E-state index contributed by atoms with van der Waals surface area (Å²) in [6.07, 6.45) is 0. The van der Waals surface area contributed by atoms with Crippen molar-refractivity contribution in [2.24, 2.45) is 0 Å². The number of nitrogens with one attached hydrogen (secondary N) is 3. The molecule has 0 aliphatic carbocycles. The third kappa shape index (κ3) is 5.56. The van der Waals surface area contributed by atoms with Crippen molar-refractivity contribution in [2.45, 2.75) is 13.0 Å². The molecule has 0 bridgehead atoms. The van der Waals surface area contributed by atoms with Gasteiger partial charge in [-0.15, -0.1) is 0 Å². The van der Waals surface area contributed by atoms with Gasteiger partial charge in [-0.2, -0.15) is 0 Å². The zero-order chi connectivity index (χ0) is 22.5. The van der Waals surface area contributed by atoms with E-state index in [-0.39, 0.29) is 12.5 Å². The molecular weight excluding hydrogens is 490 g/mol. The van der Waals surface area contributed by atoms with E-state index in [4.69, 9.17) is 16.3 Å². The molecule has 2 aromatic carbocycles. The smallest absolute Gasteiger partial charge is 0.343 e. The Morgan fingerprint density at radius 3 is 2.68 bits per heavy atom. The predicted octanol–water partition coefficient (Wildman–Crippen LogP) is 3.92. The fourth-order valence-corrected chi connectivity index (χ4v) is 3.72. The minimum absolute atomic E-state index is 0.245. The molecule has 1 aliphatic rings. The number of carbonyl (C=O) groups excluding carboxylic acids is 3. The molecule has 0 radical (unpaired) electrons. The number of methoxy groups -OCH3 is 1. The molecule has 0 saturated carbocycles. The zero-order valence-corrected chi connectivity index (χ0v) is 19.0. The molecule has 0 spiro atoms. The number of carbonyl (C=O) groups is 3. The Balaban J connectivity index is 1.88. The van der Waals surface area contributed by atoms with Crippen LogP contribution in [-0.2, 0) is 14.3 Å². The first-order valence-corrected chi connectivity index (χ1v) is 10.3. The maximum Gasteiger partial charge on any atom is 0.343 e. The molecule has 0 saturated heterocycles. The number of benzene rings is 2. The fourth-order valence-electron chi connectivity index (χ4n) is 3.02. The number of esters is 1. The number of anilines is 1. The van der Waals surface area contributed by atoms with Crippen molar-refractivity contribution in [3.05, 3.63) is 68.8 Å². The van der Waals surface area contributed by atoms with Crippen LogP contribution in [0.3, 0.4) is 0 Å². The van der Waals surface area contributed by atoms with Crippen LogP contribution in [0.5, 0.6) is 5.75 Å². The lowest BCUT2D eigenvalue weighted by atomic mass is 9.94. The summed E-state index contributed by atoms with van der Waals surface area (Å²) < 4.78 is 10.5. The van der Waals surface area contributed by atoms with E-state index in [0.717, 1.165) is 0 Å². The van der Waals surface area contributed by atoms with E-state index in [0.29, 0.717) is 37.8 Å². The Hall–Kier alpha value is -3.04. The Bertz CT molecular complexity index is 1070. The van der Waals surface area contributed by atoms with Crippen molar-refractivity contribution >= 4 is 51.1 Å². The maximum atomic E-state index is 13.1. The van der Waals surface area contributed by atoms with Crippen molar-refractivity contribution < 1.29 is 23.9 Å². The summed E-state index contributed by atoms with van der Waals surface area (Å²) in [7, 11) is 1.27. The number of rotatable bonds is 6. The first-order valence-electron chi connectivity index (χ1n) is 9.12. The Morgan fingerprint density at radius 2 is 2.00 bits per heavy atom. The predicted molar refractivity (Wildman–Crippen MR) is 119 cm³/mol. The highest BCUT2D eigenvalue weighted by atomic mass is 79.9. The van der Waals surface area contributed by atoms with Crippen LogP contribution in [-0.4, -0.2) is 31.6 Å². The topological polar surface area (TPSA) is 106 Å². The first-order chi connectivity index (χ1) is 14.8. The van der Waals surface area contributed by atoms with E-state index in [1.54, 1.807) is 49.4 Å². The molecule has 3 rings (SSSR count). The average Bonchev–Trinajstić information content (AvgIpc) is 2.71. The number of halogens is 2. The third-order valence-electron chi connectivity index (χ3n) is 4.46. The number of hydrogen-bond acceptors (Lipinski definition) is 5. The van der Waals surface area contributed by atoms with E-state index in [1.165, 1.54) is 7.11 Å². The van der Waals surface area contributed by atoms with Gasteiger partial charge in [0.05, 0.1) is 23.2 Å². The molecule has 8 nitrogen and oxygen atoms in total. The van der Waals surface area contributed by atoms with Gasteiger partial charge < -0.3 is 25.4 Å². The molecule has 0 unspecified atom stereocenters. The van der Waals surface area contributed by atoms with Gasteiger partial charge in [-0.1, -0.05) is 23.7 Å². The van der Waals surface area contributed by atoms with E-state index in [1.807, 2.05) is 0 Å². The molecule has 162 valence electrons. The Labute approximate surface area is 192 Å². The summed E-state index contributed by atoms with van der Waals surface area (Å²) in [5.41, 5.74) is 1.94. The largest absolute Gasteiger partial charge is 0.481 e. The summed E-state index contributed by atoms with van der Waals surface area (Å²) in [6, 6.07) is 10.7.